The van der Waals surface area contributed by atoms with Crippen molar-refractivity contribution in [3.63, 3.8) is 0 Å². The molecule has 5 rings (SSSR count). The Kier molecular flexibility index (Phi) is 7.83. The van der Waals surface area contributed by atoms with Crippen molar-refractivity contribution in [1.82, 2.24) is 14.3 Å². The van der Waals surface area contributed by atoms with E-state index in [1.165, 1.54) is 40.5 Å². The number of pyridine rings is 1. The number of anilines is 1. The number of carbonyl (C=O) groups excluding carboxylic acids is 1. The van der Waals surface area contributed by atoms with Gasteiger partial charge in [0.05, 0.1) is 21.7 Å². The summed E-state index contributed by atoms with van der Waals surface area (Å²) in [7, 11) is -3.68. The van der Waals surface area contributed by atoms with E-state index in [0.717, 1.165) is 37.7 Å². The van der Waals surface area contributed by atoms with Gasteiger partial charge in [0.1, 0.15) is 5.82 Å². The zero-order valence-corrected chi connectivity index (χ0v) is 22.7. The molecule has 2 aromatic heterocycles. The maximum absolute atomic E-state index is 13.8. The van der Waals surface area contributed by atoms with Gasteiger partial charge in [0.15, 0.2) is 5.13 Å². The number of sulfonamides is 1. The van der Waals surface area contributed by atoms with Gasteiger partial charge in [0.25, 0.3) is 5.91 Å². The van der Waals surface area contributed by atoms with Gasteiger partial charge in [-0.05, 0) is 66.9 Å². The van der Waals surface area contributed by atoms with Crippen LogP contribution < -0.4 is 4.90 Å². The average molecular weight is 553 g/mol. The lowest BCUT2D eigenvalue weighted by Crippen LogP contribution is -2.41. The topological polar surface area (TPSA) is 83.5 Å². The Balaban J connectivity index is 1.45. The summed E-state index contributed by atoms with van der Waals surface area (Å²) in [6.45, 7) is 2.48. The van der Waals surface area contributed by atoms with Crippen LogP contribution >= 0.6 is 11.3 Å². The second-order valence-corrected chi connectivity index (χ2v) is 12.3. The van der Waals surface area contributed by atoms with Crippen molar-refractivity contribution in [2.24, 2.45) is 0 Å². The highest BCUT2D eigenvalue weighted by Gasteiger charge is 2.31. The van der Waals surface area contributed by atoms with Crippen LogP contribution in [0.1, 0.15) is 54.9 Å². The highest BCUT2D eigenvalue weighted by Crippen LogP contribution is 2.32. The van der Waals surface area contributed by atoms with Crippen LogP contribution in [0.25, 0.3) is 10.2 Å². The fourth-order valence-electron chi connectivity index (χ4n) is 4.96. The summed E-state index contributed by atoms with van der Waals surface area (Å²) in [5.74, 6) is -0.707. The number of aromatic nitrogens is 2. The quantitative estimate of drug-likeness (QED) is 0.267. The fourth-order valence-corrected chi connectivity index (χ4v) is 7.64. The minimum absolute atomic E-state index is 0.0129. The van der Waals surface area contributed by atoms with Crippen LogP contribution in [0.15, 0.2) is 71.9 Å². The van der Waals surface area contributed by atoms with E-state index in [9.17, 15) is 17.6 Å². The molecule has 1 aliphatic rings. The smallest absolute Gasteiger partial charge is 0.260 e. The Bertz CT molecular complexity index is 1520. The number of hydrogen-bond acceptors (Lipinski definition) is 6. The number of amides is 1. The molecule has 2 aromatic carbocycles. The second kappa shape index (κ2) is 11.3. The predicted molar refractivity (Wildman–Crippen MR) is 147 cm³/mol. The van der Waals surface area contributed by atoms with Crippen LogP contribution in [-0.4, -0.2) is 41.2 Å². The predicted octanol–water partition coefficient (Wildman–Crippen LogP) is 6.02. The maximum atomic E-state index is 13.8. The molecular formula is C28H29FN4O3S2. The summed E-state index contributed by atoms with van der Waals surface area (Å²) in [6.07, 6.45) is 8.29. The molecular weight excluding hydrogens is 523 g/mol. The van der Waals surface area contributed by atoms with Crippen molar-refractivity contribution < 1.29 is 17.6 Å². The summed E-state index contributed by atoms with van der Waals surface area (Å²) in [6, 6.07) is 14.1. The SMILES string of the molecule is CCN(C1CCCCC1)S(=O)(=O)c1ccc(C(=O)N(Cc2cccnc2)c2nc3ccc(F)cc3s2)cc1. The van der Waals surface area contributed by atoms with Gasteiger partial charge < -0.3 is 0 Å². The first-order chi connectivity index (χ1) is 18.4. The van der Waals surface area contributed by atoms with Gasteiger partial charge in [-0.2, -0.15) is 4.31 Å². The van der Waals surface area contributed by atoms with Crippen LogP contribution in [0.3, 0.4) is 0 Å². The number of halogens is 1. The molecule has 1 saturated carbocycles. The third-order valence-corrected chi connectivity index (χ3v) is 9.96. The summed E-state index contributed by atoms with van der Waals surface area (Å²) in [4.78, 5) is 24.1. The van der Waals surface area contributed by atoms with E-state index in [1.54, 1.807) is 41.0 Å². The minimum atomic E-state index is -3.68. The average Bonchev–Trinajstić information content (AvgIpc) is 3.36. The molecule has 0 N–H and O–H groups in total. The van der Waals surface area contributed by atoms with Gasteiger partial charge in [-0.1, -0.05) is 43.6 Å². The van der Waals surface area contributed by atoms with E-state index in [1.807, 2.05) is 13.0 Å². The van der Waals surface area contributed by atoms with E-state index in [4.69, 9.17) is 0 Å². The monoisotopic (exact) mass is 552 g/mol. The Morgan fingerprint density at radius 2 is 1.84 bits per heavy atom. The summed E-state index contributed by atoms with van der Waals surface area (Å²) in [5.41, 5.74) is 1.73. The van der Waals surface area contributed by atoms with Gasteiger partial charge >= 0.3 is 0 Å². The zero-order chi connectivity index (χ0) is 26.7. The van der Waals surface area contributed by atoms with Crippen LogP contribution in [0.4, 0.5) is 9.52 Å². The lowest BCUT2D eigenvalue weighted by molar-refractivity contribution is 0.0985. The van der Waals surface area contributed by atoms with Crippen molar-refractivity contribution in [3.8, 4) is 0 Å². The van der Waals surface area contributed by atoms with E-state index in [-0.39, 0.29) is 29.2 Å². The Hall–Kier alpha value is -3.21. The number of carbonyl (C=O) groups is 1. The van der Waals surface area contributed by atoms with Gasteiger partial charge in [0.2, 0.25) is 10.0 Å². The van der Waals surface area contributed by atoms with Gasteiger partial charge in [0, 0.05) is 30.5 Å². The van der Waals surface area contributed by atoms with Crippen LogP contribution in [0, 0.1) is 5.82 Å². The minimum Gasteiger partial charge on any atom is -0.279 e. The Labute approximate surface area is 226 Å². The highest BCUT2D eigenvalue weighted by atomic mass is 32.2. The summed E-state index contributed by atoms with van der Waals surface area (Å²) < 4.78 is 42.9. The fraction of sp³-hybridized carbons (Fsp3) is 0.321. The van der Waals surface area contributed by atoms with Gasteiger partial charge in [-0.15, -0.1) is 0 Å². The van der Waals surface area contributed by atoms with Gasteiger partial charge in [-0.3, -0.25) is 14.7 Å². The number of rotatable bonds is 8. The molecule has 2 heterocycles. The molecule has 1 aliphatic carbocycles. The number of thiazole rings is 1. The Morgan fingerprint density at radius 1 is 1.08 bits per heavy atom. The Morgan fingerprint density at radius 3 is 2.53 bits per heavy atom. The molecule has 0 unspecified atom stereocenters. The summed E-state index contributed by atoms with van der Waals surface area (Å²) in [5, 5.41) is 0.422. The molecule has 1 amide bonds. The molecule has 198 valence electrons. The highest BCUT2D eigenvalue weighted by molar-refractivity contribution is 7.89. The number of hydrogen-bond donors (Lipinski definition) is 0. The first-order valence-corrected chi connectivity index (χ1v) is 15.0. The third kappa shape index (κ3) is 5.48. The van der Waals surface area contributed by atoms with Crippen molar-refractivity contribution in [2.75, 3.05) is 11.4 Å². The van der Waals surface area contributed by atoms with Crippen molar-refractivity contribution in [2.45, 2.75) is 56.5 Å². The molecule has 0 atom stereocenters. The first kappa shape index (κ1) is 26.4. The molecule has 1 fully saturated rings. The van der Waals surface area contributed by atoms with Crippen LogP contribution in [0.2, 0.25) is 0 Å². The number of benzene rings is 2. The molecule has 0 saturated heterocycles. The van der Waals surface area contributed by atoms with Crippen molar-refractivity contribution in [3.05, 3.63) is 83.9 Å². The first-order valence-electron chi connectivity index (χ1n) is 12.8. The van der Waals surface area contributed by atoms with Crippen LogP contribution in [0.5, 0.6) is 0 Å². The largest absolute Gasteiger partial charge is 0.279 e. The lowest BCUT2D eigenvalue weighted by atomic mass is 9.95. The molecule has 7 nitrogen and oxygen atoms in total. The van der Waals surface area contributed by atoms with E-state index in [0.29, 0.717) is 27.5 Å². The van der Waals surface area contributed by atoms with Crippen molar-refractivity contribution in [1.29, 1.82) is 0 Å². The third-order valence-electron chi connectivity index (χ3n) is 6.88. The lowest BCUT2D eigenvalue weighted by Gasteiger charge is -2.32. The van der Waals surface area contributed by atoms with Crippen molar-refractivity contribution >= 4 is 42.6 Å². The maximum Gasteiger partial charge on any atom is 0.260 e. The molecule has 0 bridgehead atoms. The number of fused-ring (bicyclic) bond motifs is 1. The molecule has 0 radical (unpaired) electrons. The normalized spacial score (nSPS) is 14.7. The van der Waals surface area contributed by atoms with E-state index >= 15 is 0 Å². The molecule has 10 heteroatoms. The van der Waals surface area contributed by atoms with E-state index < -0.39 is 10.0 Å². The number of nitrogens with zero attached hydrogens (tertiary/aromatic N) is 4. The molecule has 0 spiro atoms. The van der Waals surface area contributed by atoms with Crippen LogP contribution in [-0.2, 0) is 16.6 Å². The standard InChI is InChI=1S/C28H29FN4O3S2/c1-2-33(23-8-4-3-5-9-23)38(35,36)24-13-10-21(11-14-24)27(34)32(19-20-7-6-16-30-18-20)28-31-25-15-12-22(29)17-26(25)37-28/h6-7,10-18,23H,2-5,8-9,19H2,1H3. The summed E-state index contributed by atoms with van der Waals surface area (Å²) >= 11 is 1.22. The van der Waals surface area contributed by atoms with E-state index in [2.05, 4.69) is 9.97 Å². The molecule has 4 aromatic rings. The van der Waals surface area contributed by atoms with Gasteiger partial charge in [-0.25, -0.2) is 17.8 Å². The molecule has 0 aliphatic heterocycles. The second-order valence-electron chi connectivity index (χ2n) is 9.39. The zero-order valence-electron chi connectivity index (χ0n) is 21.1. The molecule has 38 heavy (non-hydrogen) atoms.